The molecule has 0 aliphatic rings. The summed E-state index contributed by atoms with van der Waals surface area (Å²) >= 11 is 13.8. The van der Waals surface area contributed by atoms with Crippen molar-refractivity contribution < 1.29 is 9.53 Å². The van der Waals surface area contributed by atoms with E-state index in [4.69, 9.17) is 27.9 Å². The van der Waals surface area contributed by atoms with E-state index in [2.05, 4.69) is 4.98 Å². The van der Waals surface area contributed by atoms with E-state index in [0.29, 0.717) is 45.1 Å². The number of rotatable bonds is 6. The largest absolute Gasteiger partial charge is 0.494 e. The van der Waals surface area contributed by atoms with Gasteiger partial charge < -0.3 is 9.64 Å². The molecule has 3 rings (SSSR count). The third-order valence-corrected chi connectivity index (χ3v) is 5.76. The van der Waals surface area contributed by atoms with Crippen molar-refractivity contribution in [2.45, 2.75) is 0 Å². The van der Waals surface area contributed by atoms with Crippen LogP contribution in [-0.4, -0.2) is 50.1 Å². The van der Waals surface area contributed by atoms with Crippen molar-refractivity contribution in [2.75, 3.05) is 39.2 Å². The molecule has 142 valence electrons. The Kier molecular flexibility index (Phi) is 6.22. The molecule has 8 heteroatoms. The normalized spacial score (nSPS) is 11.2. The number of carbonyl (C=O) groups excluding carboxylic acids is 1. The van der Waals surface area contributed by atoms with Crippen molar-refractivity contribution in [3.8, 4) is 5.75 Å². The van der Waals surface area contributed by atoms with Crippen molar-refractivity contribution in [1.82, 2.24) is 9.88 Å². The Hall–Kier alpha value is -1.86. The minimum Gasteiger partial charge on any atom is -0.494 e. The van der Waals surface area contributed by atoms with Gasteiger partial charge in [-0.1, -0.05) is 40.6 Å². The van der Waals surface area contributed by atoms with Crippen molar-refractivity contribution >= 4 is 55.8 Å². The Morgan fingerprint density at radius 1 is 1.19 bits per heavy atom. The fourth-order valence-electron chi connectivity index (χ4n) is 2.58. The van der Waals surface area contributed by atoms with Crippen LogP contribution in [0, 0.1) is 0 Å². The summed E-state index contributed by atoms with van der Waals surface area (Å²) in [6.45, 7) is 1.17. The first-order valence-electron chi connectivity index (χ1n) is 8.26. The number of aromatic nitrogens is 1. The number of fused-ring (bicyclic) bond motifs is 1. The molecular formula is C19H19Cl2N3O2S. The van der Waals surface area contributed by atoms with Gasteiger partial charge in [0.2, 0.25) is 0 Å². The molecule has 0 bridgehead atoms. The lowest BCUT2D eigenvalue weighted by atomic mass is 10.2. The first-order valence-corrected chi connectivity index (χ1v) is 9.83. The summed E-state index contributed by atoms with van der Waals surface area (Å²) in [6.07, 6.45) is 0. The number of hydrogen-bond donors (Lipinski definition) is 0. The molecule has 0 fully saturated rings. The second-order valence-corrected chi connectivity index (χ2v) is 8.02. The Morgan fingerprint density at radius 2 is 1.96 bits per heavy atom. The topological polar surface area (TPSA) is 45.7 Å². The number of halogens is 2. The van der Waals surface area contributed by atoms with Gasteiger partial charge in [0.25, 0.3) is 5.91 Å². The molecule has 0 atom stereocenters. The molecule has 1 heterocycles. The summed E-state index contributed by atoms with van der Waals surface area (Å²) in [7, 11) is 5.50. The minimum absolute atomic E-state index is 0.159. The van der Waals surface area contributed by atoms with E-state index in [-0.39, 0.29) is 5.91 Å². The molecule has 27 heavy (non-hydrogen) atoms. The Morgan fingerprint density at radius 3 is 2.63 bits per heavy atom. The number of methoxy groups -OCH3 is 1. The van der Waals surface area contributed by atoms with Crippen LogP contribution in [0.15, 0.2) is 36.4 Å². The number of nitrogens with zero attached hydrogens (tertiary/aromatic N) is 3. The highest BCUT2D eigenvalue weighted by Gasteiger charge is 2.23. The molecule has 0 radical (unpaired) electrons. The van der Waals surface area contributed by atoms with Crippen LogP contribution < -0.4 is 9.64 Å². The Balaban J connectivity index is 2.06. The van der Waals surface area contributed by atoms with Gasteiger partial charge >= 0.3 is 0 Å². The lowest BCUT2D eigenvalue weighted by Gasteiger charge is -2.22. The monoisotopic (exact) mass is 423 g/mol. The van der Waals surface area contributed by atoms with E-state index < -0.39 is 0 Å². The van der Waals surface area contributed by atoms with E-state index in [1.54, 1.807) is 48.4 Å². The number of thiazole rings is 1. The van der Waals surface area contributed by atoms with E-state index >= 15 is 0 Å². The van der Waals surface area contributed by atoms with Crippen LogP contribution in [0.1, 0.15) is 10.4 Å². The maximum atomic E-state index is 13.2. The van der Waals surface area contributed by atoms with E-state index in [1.165, 1.54) is 11.3 Å². The van der Waals surface area contributed by atoms with Crippen molar-refractivity contribution in [1.29, 1.82) is 0 Å². The van der Waals surface area contributed by atoms with Gasteiger partial charge in [0.05, 0.1) is 16.8 Å². The van der Waals surface area contributed by atoms with Gasteiger partial charge in [-0.25, -0.2) is 4.98 Å². The van der Waals surface area contributed by atoms with Crippen LogP contribution in [0.2, 0.25) is 10.0 Å². The molecule has 0 aliphatic carbocycles. The first kappa shape index (κ1) is 19.9. The van der Waals surface area contributed by atoms with Gasteiger partial charge in [-0.2, -0.15) is 0 Å². The zero-order chi connectivity index (χ0) is 19.6. The summed E-state index contributed by atoms with van der Waals surface area (Å²) in [5.41, 5.74) is 1.16. The van der Waals surface area contributed by atoms with E-state index in [0.717, 1.165) is 4.70 Å². The first-order chi connectivity index (χ1) is 12.9. The predicted molar refractivity (Wildman–Crippen MR) is 113 cm³/mol. The second-order valence-electron chi connectivity index (χ2n) is 6.19. The molecule has 0 spiro atoms. The summed E-state index contributed by atoms with van der Waals surface area (Å²) in [6, 6.07) is 10.5. The maximum Gasteiger partial charge on any atom is 0.260 e. The van der Waals surface area contributed by atoms with Gasteiger partial charge in [0, 0.05) is 23.7 Å². The van der Waals surface area contributed by atoms with Crippen molar-refractivity contribution in [3.63, 3.8) is 0 Å². The third-order valence-electron chi connectivity index (χ3n) is 3.99. The molecule has 0 saturated carbocycles. The SMILES string of the molecule is COc1ccc(Cl)c2sc(N(CCN(C)C)C(=O)c3cccc(Cl)c3)nc12. The molecule has 0 N–H and O–H groups in total. The molecular weight excluding hydrogens is 405 g/mol. The molecule has 1 aromatic heterocycles. The molecule has 0 unspecified atom stereocenters. The lowest BCUT2D eigenvalue weighted by molar-refractivity contribution is 0.0985. The van der Waals surface area contributed by atoms with Gasteiger partial charge in [-0.3, -0.25) is 9.69 Å². The summed E-state index contributed by atoms with van der Waals surface area (Å²) in [4.78, 5) is 21.5. The quantitative estimate of drug-likeness (QED) is 0.569. The molecule has 1 amide bonds. The van der Waals surface area contributed by atoms with Crippen molar-refractivity contribution in [2.24, 2.45) is 0 Å². The molecule has 2 aromatic carbocycles. The summed E-state index contributed by atoms with van der Waals surface area (Å²) in [5.74, 6) is 0.466. The van der Waals surface area contributed by atoms with Gasteiger partial charge in [0.15, 0.2) is 5.13 Å². The number of amides is 1. The number of benzene rings is 2. The van der Waals surface area contributed by atoms with Crippen LogP contribution in [0.25, 0.3) is 10.2 Å². The standard InChI is InChI=1S/C19H19Cl2N3O2S/c1-23(2)9-10-24(18(25)12-5-4-6-13(20)11-12)19-22-16-15(26-3)8-7-14(21)17(16)27-19/h4-8,11H,9-10H2,1-3H3. The van der Waals surface area contributed by atoms with Gasteiger partial charge in [-0.15, -0.1) is 0 Å². The summed E-state index contributed by atoms with van der Waals surface area (Å²) < 4.78 is 6.18. The smallest absolute Gasteiger partial charge is 0.260 e. The van der Waals surface area contributed by atoms with Crippen LogP contribution in [0.5, 0.6) is 5.75 Å². The Bertz CT molecular complexity index is 975. The van der Waals surface area contributed by atoms with Gasteiger partial charge in [-0.05, 0) is 44.4 Å². The maximum absolute atomic E-state index is 13.2. The highest BCUT2D eigenvalue weighted by Crippen LogP contribution is 2.39. The zero-order valence-corrected chi connectivity index (χ0v) is 17.5. The molecule has 3 aromatic rings. The minimum atomic E-state index is -0.159. The highest BCUT2D eigenvalue weighted by molar-refractivity contribution is 7.23. The third kappa shape index (κ3) is 4.35. The van der Waals surface area contributed by atoms with E-state index in [9.17, 15) is 4.79 Å². The predicted octanol–water partition coefficient (Wildman–Crippen LogP) is 4.82. The lowest BCUT2D eigenvalue weighted by Crippen LogP contribution is -2.36. The van der Waals surface area contributed by atoms with Gasteiger partial charge in [0.1, 0.15) is 11.3 Å². The number of ether oxygens (including phenoxy) is 1. The number of hydrogen-bond acceptors (Lipinski definition) is 5. The Labute approximate surface area is 172 Å². The number of carbonyl (C=O) groups is 1. The molecule has 0 aliphatic heterocycles. The van der Waals surface area contributed by atoms with Crippen LogP contribution >= 0.6 is 34.5 Å². The van der Waals surface area contributed by atoms with Crippen molar-refractivity contribution in [3.05, 3.63) is 52.0 Å². The highest BCUT2D eigenvalue weighted by atomic mass is 35.5. The van der Waals surface area contributed by atoms with Crippen LogP contribution in [0.3, 0.4) is 0 Å². The van der Waals surface area contributed by atoms with Crippen LogP contribution in [0.4, 0.5) is 5.13 Å². The average molecular weight is 424 g/mol. The van der Waals surface area contributed by atoms with Crippen LogP contribution in [-0.2, 0) is 0 Å². The average Bonchev–Trinajstić information content (AvgIpc) is 3.08. The molecule has 0 saturated heterocycles. The number of anilines is 1. The second kappa shape index (κ2) is 8.44. The zero-order valence-electron chi connectivity index (χ0n) is 15.2. The molecule has 5 nitrogen and oxygen atoms in total. The fourth-order valence-corrected chi connectivity index (χ4v) is 4.05. The fraction of sp³-hybridized carbons (Fsp3) is 0.263. The number of likely N-dealkylation sites (N-methyl/N-ethyl adjacent to an activating group) is 1. The summed E-state index contributed by atoms with van der Waals surface area (Å²) in [5, 5.41) is 1.67. The van der Waals surface area contributed by atoms with E-state index in [1.807, 2.05) is 19.0 Å².